The molecule has 0 saturated heterocycles. The third-order valence-corrected chi connectivity index (χ3v) is 1.79. The quantitative estimate of drug-likeness (QED) is 0.311. The molecule has 0 N–H and O–H groups in total. The van der Waals surface area contributed by atoms with E-state index in [1.807, 2.05) is 20.8 Å². The van der Waals surface area contributed by atoms with Gasteiger partial charge in [-0.3, -0.25) is 0 Å². The molecule has 0 aromatic heterocycles. The van der Waals surface area contributed by atoms with Crippen molar-refractivity contribution in [3.05, 3.63) is 23.8 Å². The van der Waals surface area contributed by atoms with Gasteiger partial charge in [-0.05, 0) is 17.4 Å². The van der Waals surface area contributed by atoms with Crippen LogP contribution in [0.15, 0.2) is 23.8 Å². The van der Waals surface area contributed by atoms with E-state index in [4.69, 9.17) is 4.74 Å². The topological polar surface area (TPSA) is 35.5 Å². The summed E-state index contributed by atoms with van der Waals surface area (Å²) in [7, 11) is 2.85. The average molecular weight is 222 g/mol. The van der Waals surface area contributed by atoms with Crippen LogP contribution >= 0.6 is 0 Å². The first-order valence-electron chi connectivity index (χ1n) is 4.92. The van der Waals surface area contributed by atoms with Crippen molar-refractivity contribution in [3.8, 4) is 12.0 Å². The normalized spacial score (nSPS) is 11.9. The standard InChI is InChI=1S/C13H18O3/c1-13(2,3)11(9-10-15-4)7-6-8-12(14)16-5/h6-8H,1-5H3/b8-6-,11-7+. The summed E-state index contributed by atoms with van der Waals surface area (Å²) in [5.41, 5.74) is 0.793. The first kappa shape index (κ1) is 14.3. The highest BCUT2D eigenvalue weighted by Gasteiger charge is 2.14. The van der Waals surface area contributed by atoms with Gasteiger partial charge in [-0.25, -0.2) is 4.79 Å². The molecule has 0 rings (SSSR count). The van der Waals surface area contributed by atoms with E-state index < -0.39 is 0 Å². The molecule has 0 aromatic carbocycles. The fourth-order valence-electron chi connectivity index (χ4n) is 0.876. The van der Waals surface area contributed by atoms with Crippen LogP contribution in [-0.4, -0.2) is 20.2 Å². The molecular weight excluding hydrogens is 204 g/mol. The molecule has 88 valence electrons. The summed E-state index contributed by atoms with van der Waals surface area (Å²) in [6.07, 6.45) is 7.29. The fourth-order valence-corrected chi connectivity index (χ4v) is 0.876. The predicted molar refractivity (Wildman–Crippen MR) is 63.5 cm³/mol. The number of ether oxygens (including phenoxy) is 2. The molecule has 0 aliphatic carbocycles. The Morgan fingerprint density at radius 1 is 1.25 bits per heavy atom. The Bertz CT molecular complexity index is 346. The second-order valence-corrected chi connectivity index (χ2v) is 4.14. The van der Waals surface area contributed by atoms with Gasteiger partial charge in [-0.1, -0.05) is 26.8 Å². The summed E-state index contributed by atoms with van der Waals surface area (Å²) in [5.74, 6) is 2.50. The fraction of sp³-hybridized carbons (Fsp3) is 0.462. The van der Waals surface area contributed by atoms with Crippen molar-refractivity contribution in [1.82, 2.24) is 0 Å². The number of carbonyl (C=O) groups is 1. The van der Waals surface area contributed by atoms with Gasteiger partial charge in [0.05, 0.1) is 14.2 Å². The monoisotopic (exact) mass is 222 g/mol. The van der Waals surface area contributed by atoms with Crippen molar-refractivity contribution in [2.75, 3.05) is 14.2 Å². The van der Waals surface area contributed by atoms with Gasteiger partial charge in [0.15, 0.2) is 0 Å². The van der Waals surface area contributed by atoms with E-state index in [9.17, 15) is 4.79 Å². The van der Waals surface area contributed by atoms with Crippen molar-refractivity contribution in [2.24, 2.45) is 5.41 Å². The molecule has 16 heavy (non-hydrogen) atoms. The lowest BCUT2D eigenvalue weighted by molar-refractivity contribution is -0.134. The number of rotatable bonds is 2. The molecule has 0 aliphatic rings. The maximum atomic E-state index is 10.9. The van der Waals surface area contributed by atoms with Gasteiger partial charge in [0, 0.05) is 11.6 Å². The lowest BCUT2D eigenvalue weighted by atomic mass is 9.86. The smallest absolute Gasteiger partial charge is 0.330 e. The number of allylic oxidation sites excluding steroid dienone is 3. The summed E-state index contributed by atoms with van der Waals surface area (Å²) in [6.45, 7) is 6.11. The Balaban J connectivity index is 4.85. The van der Waals surface area contributed by atoms with Crippen molar-refractivity contribution in [1.29, 1.82) is 0 Å². The van der Waals surface area contributed by atoms with Gasteiger partial charge in [0.25, 0.3) is 0 Å². The highest BCUT2D eigenvalue weighted by atomic mass is 16.5. The zero-order chi connectivity index (χ0) is 12.6. The number of methoxy groups -OCH3 is 2. The van der Waals surface area contributed by atoms with Crippen LogP contribution in [0.3, 0.4) is 0 Å². The molecule has 0 bridgehead atoms. The Labute approximate surface area is 97.1 Å². The highest BCUT2D eigenvalue weighted by Crippen LogP contribution is 2.24. The van der Waals surface area contributed by atoms with Crippen LogP contribution in [0.1, 0.15) is 20.8 Å². The largest absolute Gasteiger partial charge is 0.466 e. The molecule has 0 saturated carbocycles. The van der Waals surface area contributed by atoms with E-state index in [0.717, 1.165) is 5.57 Å². The molecular formula is C13H18O3. The van der Waals surface area contributed by atoms with E-state index in [-0.39, 0.29) is 11.4 Å². The number of hydrogen-bond acceptors (Lipinski definition) is 3. The zero-order valence-corrected chi connectivity index (χ0v) is 10.5. The molecule has 3 nitrogen and oxygen atoms in total. The second-order valence-electron chi connectivity index (χ2n) is 4.14. The predicted octanol–water partition coefficient (Wildman–Crippen LogP) is 2.30. The summed E-state index contributed by atoms with van der Waals surface area (Å²) in [5, 5.41) is 0. The molecule has 0 spiro atoms. The van der Waals surface area contributed by atoms with Crippen LogP contribution < -0.4 is 0 Å². The third kappa shape index (κ3) is 5.92. The van der Waals surface area contributed by atoms with Gasteiger partial charge >= 0.3 is 5.97 Å². The minimum absolute atomic E-state index is 0.0913. The van der Waals surface area contributed by atoms with E-state index in [2.05, 4.69) is 16.8 Å². The number of carbonyl (C=O) groups excluding carboxylic acids is 1. The van der Waals surface area contributed by atoms with Crippen LogP contribution in [0.25, 0.3) is 0 Å². The summed E-state index contributed by atoms with van der Waals surface area (Å²) < 4.78 is 9.18. The summed E-state index contributed by atoms with van der Waals surface area (Å²) in [4.78, 5) is 10.9. The maximum absolute atomic E-state index is 10.9. The van der Waals surface area contributed by atoms with Crippen LogP contribution in [0, 0.1) is 17.4 Å². The molecule has 0 unspecified atom stereocenters. The molecule has 0 radical (unpaired) electrons. The summed E-state index contributed by atoms with van der Waals surface area (Å²) >= 11 is 0. The van der Waals surface area contributed by atoms with Crippen molar-refractivity contribution in [3.63, 3.8) is 0 Å². The van der Waals surface area contributed by atoms with Crippen molar-refractivity contribution in [2.45, 2.75) is 20.8 Å². The second kappa shape index (κ2) is 6.73. The Kier molecular flexibility index (Phi) is 6.02. The average Bonchev–Trinajstić information content (AvgIpc) is 2.20. The van der Waals surface area contributed by atoms with Gasteiger partial charge < -0.3 is 9.47 Å². The van der Waals surface area contributed by atoms with Crippen LogP contribution in [0.5, 0.6) is 0 Å². The minimum atomic E-state index is -0.385. The van der Waals surface area contributed by atoms with Crippen molar-refractivity contribution < 1.29 is 14.3 Å². The molecule has 0 aliphatic heterocycles. The Morgan fingerprint density at radius 3 is 2.31 bits per heavy atom. The Morgan fingerprint density at radius 2 is 1.88 bits per heavy atom. The van der Waals surface area contributed by atoms with Crippen LogP contribution in [0.2, 0.25) is 0 Å². The zero-order valence-electron chi connectivity index (χ0n) is 10.5. The number of hydrogen-bond donors (Lipinski definition) is 0. The Hall–Kier alpha value is -1.69. The van der Waals surface area contributed by atoms with Gasteiger partial charge in [0.2, 0.25) is 0 Å². The van der Waals surface area contributed by atoms with Crippen LogP contribution in [0.4, 0.5) is 0 Å². The van der Waals surface area contributed by atoms with Crippen LogP contribution in [-0.2, 0) is 14.3 Å². The SMILES string of the molecule is COC#C/C(=C\C=C/C(=O)OC)C(C)(C)C. The van der Waals surface area contributed by atoms with Gasteiger partial charge in [-0.15, -0.1) is 0 Å². The molecule has 0 aromatic rings. The molecule has 0 amide bonds. The van der Waals surface area contributed by atoms with Crippen molar-refractivity contribution >= 4 is 5.97 Å². The lowest BCUT2D eigenvalue weighted by Crippen LogP contribution is -2.07. The number of esters is 1. The van der Waals surface area contributed by atoms with Gasteiger partial charge in [-0.2, -0.15) is 0 Å². The van der Waals surface area contributed by atoms with E-state index >= 15 is 0 Å². The maximum Gasteiger partial charge on any atom is 0.330 e. The van der Waals surface area contributed by atoms with Gasteiger partial charge in [0.1, 0.15) is 6.11 Å². The van der Waals surface area contributed by atoms with E-state index in [1.165, 1.54) is 20.3 Å². The van der Waals surface area contributed by atoms with E-state index in [1.54, 1.807) is 12.2 Å². The minimum Gasteiger partial charge on any atom is -0.466 e. The molecule has 0 fully saturated rings. The third-order valence-electron chi connectivity index (χ3n) is 1.79. The lowest BCUT2D eigenvalue weighted by Gasteiger charge is -2.17. The molecule has 0 atom stereocenters. The first-order valence-corrected chi connectivity index (χ1v) is 4.92. The first-order chi connectivity index (χ1) is 7.41. The molecule has 3 heteroatoms. The molecule has 0 heterocycles. The highest BCUT2D eigenvalue weighted by molar-refractivity contribution is 5.82. The summed E-state index contributed by atoms with van der Waals surface area (Å²) in [6, 6.07) is 0. The van der Waals surface area contributed by atoms with E-state index in [0.29, 0.717) is 0 Å².